The molecule has 0 aliphatic heterocycles. The standard InChI is InChI=1S/C26H34N4O5/c1-6-18-10-19(8-17(5)24(18)34-14-21(32)12-28-23(33)13-31)25-29-26(35-30-25)22-9-16(4)20(11-27-22)7-15(2)3/h8-11,15,21,31-32H,6-7,12-14H2,1-5H3,(H,28,33). The second-order valence-electron chi connectivity index (χ2n) is 9.08. The highest BCUT2D eigenvalue weighted by Gasteiger charge is 2.17. The number of amides is 1. The molecule has 35 heavy (non-hydrogen) atoms. The average Bonchev–Trinajstić information content (AvgIpc) is 3.32. The van der Waals surface area contributed by atoms with Gasteiger partial charge in [-0.3, -0.25) is 9.78 Å². The lowest BCUT2D eigenvalue weighted by molar-refractivity contribution is -0.124. The first-order valence-electron chi connectivity index (χ1n) is 11.8. The Morgan fingerprint density at radius 1 is 1.17 bits per heavy atom. The van der Waals surface area contributed by atoms with Gasteiger partial charge in [0.15, 0.2) is 0 Å². The van der Waals surface area contributed by atoms with Gasteiger partial charge in [-0.15, -0.1) is 0 Å². The second-order valence-corrected chi connectivity index (χ2v) is 9.08. The molecule has 3 N–H and O–H groups in total. The molecule has 2 aromatic heterocycles. The third-order valence-electron chi connectivity index (χ3n) is 5.58. The van der Waals surface area contributed by atoms with Crippen molar-refractivity contribution in [1.29, 1.82) is 0 Å². The Morgan fingerprint density at radius 3 is 2.60 bits per heavy atom. The van der Waals surface area contributed by atoms with Gasteiger partial charge in [-0.2, -0.15) is 4.98 Å². The summed E-state index contributed by atoms with van der Waals surface area (Å²) in [6, 6.07) is 5.83. The molecule has 0 aliphatic carbocycles. The maximum Gasteiger partial charge on any atom is 0.276 e. The van der Waals surface area contributed by atoms with Crippen molar-refractivity contribution in [3.8, 4) is 28.7 Å². The van der Waals surface area contributed by atoms with Crippen LogP contribution in [0.25, 0.3) is 23.0 Å². The summed E-state index contributed by atoms with van der Waals surface area (Å²) in [6.07, 6.45) is 2.64. The van der Waals surface area contributed by atoms with Crippen LogP contribution in [0.15, 0.2) is 28.9 Å². The van der Waals surface area contributed by atoms with Gasteiger partial charge in [0.1, 0.15) is 30.8 Å². The van der Waals surface area contributed by atoms with E-state index in [4.69, 9.17) is 14.4 Å². The van der Waals surface area contributed by atoms with Crippen molar-refractivity contribution in [2.45, 2.75) is 53.6 Å². The van der Waals surface area contributed by atoms with Gasteiger partial charge in [0.2, 0.25) is 11.7 Å². The fourth-order valence-corrected chi connectivity index (χ4v) is 3.77. The number of nitrogens with zero attached hydrogens (tertiary/aromatic N) is 3. The molecule has 1 amide bonds. The average molecular weight is 483 g/mol. The van der Waals surface area contributed by atoms with Gasteiger partial charge in [0.05, 0.1) is 0 Å². The summed E-state index contributed by atoms with van der Waals surface area (Å²) in [5.74, 6) is 1.50. The molecule has 9 heteroatoms. The normalized spacial score (nSPS) is 12.1. The Balaban J connectivity index is 1.76. The molecule has 3 rings (SSSR count). The summed E-state index contributed by atoms with van der Waals surface area (Å²) in [7, 11) is 0. The van der Waals surface area contributed by atoms with Crippen LogP contribution in [0, 0.1) is 19.8 Å². The number of hydrogen-bond donors (Lipinski definition) is 3. The van der Waals surface area contributed by atoms with E-state index in [9.17, 15) is 9.90 Å². The highest BCUT2D eigenvalue weighted by Crippen LogP contribution is 2.31. The highest BCUT2D eigenvalue weighted by atomic mass is 16.5. The van der Waals surface area contributed by atoms with E-state index in [0.29, 0.717) is 35.5 Å². The lowest BCUT2D eigenvalue weighted by Crippen LogP contribution is -2.36. The molecular formula is C26H34N4O5. The number of rotatable bonds is 11. The number of aliphatic hydroxyl groups excluding tert-OH is 2. The van der Waals surface area contributed by atoms with Crippen LogP contribution >= 0.6 is 0 Å². The van der Waals surface area contributed by atoms with Crippen molar-refractivity contribution < 1.29 is 24.3 Å². The van der Waals surface area contributed by atoms with Crippen molar-refractivity contribution in [2.75, 3.05) is 19.8 Å². The summed E-state index contributed by atoms with van der Waals surface area (Å²) in [5.41, 5.74) is 5.60. The van der Waals surface area contributed by atoms with Gasteiger partial charge in [0.25, 0.3) is 5.89 Å². The van der Waals surface area contributed by atoms with Crippen LogP contribution in [0.4, 0.5) is 0 Å². The molecule has 0 fully saturated rings. The van der Waals surface area contributed by atoms with Crippen LogP contribution in [0.5, 0.6) is 5.75 Å². The van der Waals surface area contributed by atoms with E-state index in [2.05, 4.69) is 41.2 Å². The van der Waals surface area contributed by atoms with E-state index >= 15 is 0 Å². The number of aryl methyl sites for hydroxylation is 3. The first-order chi connectivity index (χ1) is 16.7. The number of benzene rings is 1. The predicted octanol–water partition coefficient (Wildman–Crippen LogP) is 3.02. The number of aliphatic hydroxyl groups is 2. The van der Waals surface area contributed by atoms with Crippen molar-refractivity contribution >= 4 is 5.91 Å². The molecule has 1 unspecified atom stereocenters. The zero-order valence-electron chi connectivity index (χ0n) is 21.0. The minimum atomic E-state index is -0.906. The van der Waals surface area contributed by atoms with Gasteiger partial charge in [-0.05, 0) is 73.1 Å². The fourth-order valence-electron chi connectivity index (χ4n) is 3.77. The third kappa shape index (κ3) is 6.86. The molecule has 188 valence electrons. The van der Waals surface area contributed by atoms with Crippen molar-refractivity contribution in [3.05, 3.63) is 46.6 Å². The number of carbonyl (C=O) groups is 1. The zero-order valence-corrected chi connectivity index (χ0v) is 21.0. The summed E-state index contributed by atoms with van der Waals surface area (Å²) >= 11 is 0. The Bertz CT molecular complexity index is 1160. The fraction of sp³-hybridized carbons (Fsp3) is 0.462. The molecule has 0 aliphatic rings. The zero-order chi connectivity index (χ0) is 25.5. The van der Waals surface area contributed by atoms with Crippen LogP contribution in [0.2, 0.25) is 0 Å². The van der Waals surface area contributed by atoms with Crippen LogP contribution in [-0.2, 0) is 17.6 Å². The van der Waals surface area contributed by atoms with E-state index in [1.807, 2.05) is 38.2 Å². The molecule has 1 aromatic carbocycles. The molecule has 0 spiro atoms. The maximum atomic E-state index is 11.1. The largest absolute Gasteiger partial charge is 0.490 e. The molecule has 3 aromatic rings. The quantitative estimate of drug-likeness (QED) is 0.380. The van der Waals surface area contributed by atoms with E-state index in [0.717, 1.165) is 28.7 Å². The minimum Gasteiger partial charge on any atom is -0.490 e. The molecular weight excluding hydrogens is 448 g/mol. The number of pyridine rings is 1. The number of hydrogen-bond acceptors (Lipinski definition) is 8. The monoisotopic (exact) mass is 482 g/mol. The van der Waals surface area contributed by atoms with Crippen molar-refractivity contribution in [1.82, 2.24) is 20.4 Å². The van der Waals surface area contributed by atoms with Crippen molar-refractivity contribution in [2.24, 2.45) is 5.92 Å². The Morgan fingerprint density at radius 2 is 1.94 bits per heavy atom. The molecule has 1 atom stereocenters. The lowest BCUT2D eigenvalue weighted by atomic mass is 10.0. The van der Waals surface area contributed by atoms with Crippen LogP contribution in [0.3, 0.4) is 0 Å². The second kappa shape index (κ2) is 11.9. The number of carbonyl (C=O) groups excluding carboxylic acids is 1. The topological polar surface area (TPSA) is 131 Å². The van der Waals surface area contributed by atoms with Gasteiger partial charge in [-0.1, -0.05) is 25.9 Å². The van der Waals surface area contributed by atoms with E-state index in [1.54, 1.807) is 0 Å². The van der Waals surface area contributed by atoms with E-state index in [-0.39, 0.29) is 13.2 Å². The van der Waals surface area contributed by atoms with Gasteiger partial charge < -0.3 is 24.8 Å². The third-order valence-corrected chi connectivity index (χ3v) is 5.58. The summed E-state index contributed by atoms with van der Waals surface area (Å²) in [5, 5.41) is 25.4. The van der Waals surface area contributed by atoms with E-state index < -0.39 is 18.6 Å². The summed E-state index contributed by atoms with van der Waals surface area (Å²) in [4.78, 5) is 20.2. The molecule has 9 nitrogen and oxygen atoms in total. The summed E-state index contributed by atoms with van der Waals surface area (Å²) < 4.78 is 11.4. The number of nitrogens with one attached hydrogen (secondary N) is 1. The van der Waals surface area contributed by atoms with Crippen LogP contribution in [0.1, 0.15) is 43.0 Å². The SMILES string of the molecule is CCc1cc(-c2noc(-c3cc(C)c(CC(C)C)cn3)n2)cc(C)c1OCC(O)CNC(=O)CO. The molecule has 0 saturated heterocycles. The first kappa shape index (κ1) is 26.3. The number of ether oxygens (including phenoxy) is 1. The Hall–Kier alpha value is -3.30. The van der Waals surface area contributed by atoms with Crippen molar-refractivity contribution in [3.63, 3.8) is 0 Å². The first-order valence-corrected chi connectivity index (χ1v) is 11.8. The Labute approximate surface area is 205 Å². The predicted molar refractivity (Wildman–Crippen MR) is 132 cm³/mol. The molecule has 0 saturated carbocycles. The lowest BCUT2D eigenvalue weighted by Gasteiger charge is -2.17. The highest BCUT2D eigenvalue weighted by molar-refractivity contribution is 5.76. The minimum absolute atomic E-state index is 0.00305. The number of aromatic nitrogens is 3. The van der Waals surface area contributed by atoms with Crippen LogP contribution in [-0.4, -0.2) is 57.1 Å². The molecule has 0 radical (unpaired) electrons. The van der Waals surface area contributed by atoms with E-state index in [1.165, 1.54) is 5.56 Å². The van der Waals surface area contributed by atoms with Crippen LogP contribution < -0.4 is 10.1 Å². The maximum absolute atomic E-state index is 11.1. The van der Waals surface area contributed by atoms with Gasteiger partial charge in [0, 0.05) is 18.3 Å². The molecule has 2 heterocycles. The smallest absolute Gasteiger partial charge is 0.276 e. The van der Waals surface area contributed by atoms with Gasteiger partial charge >= 0.3 is 0 Å². The Kier molecular flexibility index (Phi) is 8.95. The summed E-state index contributed by atoms with van der Waals surface area (Å²) in [6.45, 7) is 9.73. The van der Waals surface area contributed by atoms with Gasteiger partial charge in [-0.25, -0.2) is 0 Å². The molecule has 0 bridgehead atoms.